The summed E-state index contributed by atoms with van der Waals surface area (Å²) in [6, 6.07) is 8.17. The fourth-order valence-electron chi connectivity index (χ4n) is 1.81. The van der Waals surface area contributed by atoms with Crippen molar-refractivity contribution in [2.24, 2.45) is 5.73 Å². The van der Waals surface area contributed by atoms with Crippen LogP contribution in [0, 0.1) is 0 Å². The highest BCUT2D eigenvalue weighted by atomic mass is 16.4. The molecule has 0 bridgehead atoms. The summed E-state index contributed by atoms with van der Waals surface area (Å²) in [4.78, 5) is 33.5. The van der Waals surface area contributed by atoms with Crippen LogP contribution in [0.15, 0.2) is 30.3 Å². The predicted octanol–water partition coefficient (Wildman–Crippen LogP) is 0.115. The number of carboxylic acid groups (broad SMARTS) is 1. The Hall–Kier alpha value is -2.41. The van der Waals surface area contributed by atoms with Gasteiger partial charge in [0.15, 0.2) is 0 Å². The fraction of sp³-hybridized carbons (Fsp3) is 0.400. The van der Waals surface area contributed by atoms with Crippen molar-refractivity contribution in [1.82, 2.24) is 10.6 Å². The van der Waals surface area contributed by atoms with Crippen molar-refractivity contribution in [3.63, 3.8) is 0 Å². The van der Waals surface area contributed by atoms with E-state index in [2.05, 4.69) is 10.6 Å². The van der Waals surface area contributed by atoms with Crippen molar-refractivity contribution >= 4 is 17.8 Å². The van der Waals surface area contributed by atoms with Gasteiger partial charge in [-0.15, -0.1) is 0 Å². The van der Waals surface area contributed by atoms with Crippen LogP contribution in [0.5, 0.6) is 0 Å². The molecule has 0 fully saturated rings. The standard InChI is InChI=1S/C15H21N3O4/c16-12(15(22)18-10-13(19)20)8-4-5-9-17-14(21)11-6-2-1-3-7-11/h1-3,6-7,12H,4-5,8-10,16H2,(H,17,21)(H,18,22)(H,19,20). The van der Waals surface area contributed by atoms with E-state index in [0.717, 1.165) is 0 Å². The molecule has 0 saturated heterocycles. The number of rotatable bonds is 9. The Bertz CT molecular complexity index is 505. The molecular weight excluding hydrogens is 286 g/mol. The van der Waals surface area contributed by atoms with Crippen LogP contribution in [-0.4, -0.2) is 42.0 Å². The molecule has 0 aliphatic rings. The first-order chi connectivity index (χ1) is 10.5. The number of hydrogen-bond acceptors (Lipinski definition) is 4. The zero-order valence-corrected chi connectivity index (χ0v) is 12.2. The third-order valence-corrected chi connectivity index (χ3v) is 3.01. The Balaban J connectivity index is 2.13. The van der Waals surface area contributed by atoms with Gasteiger partial charge in [0.1, 0.15) is 6.54 Å². The molecule has 7 nitrogen and oxygen atoms in total. The fourth-order valence-corrected chi connectivity index (χ4v) is 1.81. The van der Waals surface area contributed by atoms with E-state index in [0.29, 0.717) is 31.4 Å². The first kappa shape index (κ1) is 17.6. The minimum atomic E-state index is -1.11. The maximum atomic E-state index is 11.7. The summed E-state index contributed by atoms with van der Waals surface area (Å²) in [5.41, 5.74) is 6.25. The largest absolute Gasteiger partial charge is 0.480 e. The third kappa shape index (κ3) is 6.85. The molecule has 120 valence electrons. The van der Waals surface area contributed by atoms with Crippen LogP contribution in [0.25, 0.3) is 0 Å². The van der Waals surface area contributed by atoms with E-state index in [-0.39, 0.29) is 5.91 Å². The first-order valence-electron chi connectivity index (χ1n) is 7.09. The van der Waals surface area contributed by atoms with Gasteiger partial charge in [-0.1, -0.05) is 18.2 Å². The van der Waals surface area contributed by atoms with Gasteiger partial charge < -0.3 is 21.5 Å². The SMILES string of the molecule is NC(CCCCNC(=O)c1ccccc1)C(=O)NCC(=O)O. The van der Waals surface area contributed by atoms with Crippen molar-refractivity contribution < 1.29 is 19.5 Å². The van der Waals surface area contributed by atoms with Gasteiger partial charge in [-0.2, -0.15) is 0 Å². The lowest BCUT2D eigenvalue weighted by Crippen LogP contribution is -2.42. The van der Waals surface area contributed by atoms with E-state index in [1.807, 2.05) is 6.07 Å². The maximum absolute atomic E-state index is 11.7. The molecule has 22 heavy (non-hydrogen) atoms. The molecule has 0 spiro atoms. The number of amides is 2. The first-order valence-corrected chi connectivity index (χ1v) is 7.09. The van der Waals surface area contributed by atoms with Gasteiger partial charge in [-0.05, 0) is 31.4 Å². The number of hydrogen-bond donors (Lipinski definition) is 4. The zero-order chi connectivity index (χ0) is 16.4. The molecule has 0 aromatic heterocycles. The highest BCUT2D eigenvalue weighted by Gasteiger charge is 2.13. The van der Waals surface area contributed by atoms with Crippen LogP contribution >= 0.6 is 0 Å². The monoisotopic (exact) mass is 307 g/mol. The summed E-state index contributed by atoms with van der Waals surface area (Å²) in [6.07, 6.45) is 1.79. The summed E-state index contributed by atoms with van der Waals surface area (Å²) in [5, 5.41) is 13.5. The number of benzene rings is 1. The van der Waals surface area contributed by atoms with Crippen LogP contribution < -0.4 is 16.4 Å². The van der Waals surface area contributed by atoms with E-state index in [1.54, 1.807) is 24.3 Å². The second-order valence-electron chi connectivity index (χ2n) is 4.84. The van der Waals surface area contributed by atoms with E-state index in [1.165, 1.54) is 0 Å². The second-order valence-corrected chi connectivity index (χ2v) is 4.84. The second kappa shape index (κ2) is 9.51. The Morgan fingerprint density at radius 2 is 1.77 bits per heavy atom. The summed E-state index contributed by atoms with van der Waals surface area (Å²) in [6.45, 7) is 0.0663. The molecule has 1 aromatic rings. The van der Waals surface area contributed by atoms with Gasteiger partial charge in [-0.25, -0.2) is 0 Å². The van der Waals surface area contributed by atoms with E-state index < -0.39 is 24.5 Å². The van der Waals surface area contributed by atoms with Crippen molar-refractivity contribution in [2.75, 3.05) is 13.1 Å². The Morgan fingerprint density at radius 1 is 1.09 bits per heavy atom. The van der Waals surface area contributed by atoms with Crippen LogP contribution in [0.3, 0.4) is 0 Å². The van der Waals surface area contributed by atoms with Gasteiger partial charge in [-0.3, -0.25) is 14.4 Å². The van der Waals surface area contributed by atoms with E-state index in [4.69, 9.17) is 10.8 Å². The molecule has 1 rings (SSSR count). The molecule has 7 heteroatoms. The Kier molecular flexibility index (Phi) is 7.63. The van der Waals surface area contributed by atoms with Gasteiger partial charge in [0.05, 0.1) is 6.04 Å². The molecule has 1 atom stereocenters. The third-order valence-electron chi connectivity index (χ3n) is 3.01. The minimum Gasteiger partial charge on any atom is -0.480 e. The van der Waals surface area contributed by atoms with Gasteiger partial charge in [0, 0.05) is 12.1 Å². The number of carbonyl (C=O) groups is 3. The molecule has 0 heterocycles. The van der Waals surface area contributed by atoms with Crippen molar-refractivity contribution in [2.45, 2.75) is 25.3 Å². The molecule has 1 aromatic carbocycles. The molecular formula is C15H21N3O4. The highest BCUT2D eigenvalue weighted by molar-refractivity contribution is 5.94. The lowest BCUT2D eigenvalue weighted by molar-refractivity contribution is -0.138. The number of nitrogens with one attached hydrogen (secondary N) is 2. The molecule has 0 saturated carbocycles. The highest BCUT2D eigenvalue weighted by Crippen LogP contribution is 2.00. The zero-order valence-electron chi connectivity index (χ0n) is 12.2. The van der Waals surface area contributed by atoms with Gasteiger partial charge in [0.2, 0.25) is 5.91 Å². The quantitative estimate of drug-likeness (QED) is 0.483. The van der Waals surface area contributed by atoms with Crippen LogP contribution in [0.4, 0.5) is 0 Å². The van der Waals surface area contributed by atoms with Crippen LogP contribution in [0.1, 0.15) is 29.6 Å². The molecule has 0 aliphatic carbocycles. The van der Waals surface area contributed by atoms with E-state index >= 15 is 0 Å². The number of nitrogens with two attached hydrogens (primary N) is 1. The normalized spacial score (nSPS) is 11.5. The number of aliphatic carboxylic acids is 1. The van der Waals surface area contributed by atoms with Crippen molar-refractivity contribution in [1.29, 1.82) is 0 Å². The number of carbonyl (C=O) groups excluding carboxylic acids is 2. The molecule has 1 unspecified atom stereocenters. The van der Waals surface area contributed by atoms with Gasteiger partial charge >= 0.3 is 5.97 Å². The topological polar surface area (TPSA) is 122 Å². The molecule has 0 aliphatic heterocycles. The van der Waals surface area contributed by atoms with Crippen LogP contribution in [0.2, 0.25) is 0 Å². The summed E-state index contributed by atoms with van der Waals surface area (Å²) >= 11 is 0. The molecule has 2 amide bonds. The van der Waals surface area contributed by atoms with Crippen molar-refractivity contribution in [3.8, 4) is 0 Å². The smallest absolute Gasteiger partial charge is 0.322 e. The maximum Gasteiger partial charge on any atom is 0.322 e. The predicted molar refractivity (Wildman–Crippen MR) is 81.2 cm³/mol. The van der Waals surface area contributed by atoms with Gasteiger partial charge in [0.25, 0.3) is 5.91 Å². The van der Waals surface area contributed by atoms with Crippen LogP contribution in [-0.2, 0) is 9.59 Å². The number of carboxylic acids is 1. The minimum absolute atomic E-state index is 0.135. The lowest BCUT2D eigenvalue weighted by atomic mass is 10.1. The number of unbranched alkanes of at least 4 members (excludes halogenated alkanes) is 1. The Labute approximate surface area is 128 Å². The molecule has 0 radical (unpaired) electrons. The summed E-state index contributed by atoms with van der Waals surface area (Å²) in [7, 11) is 0. The molecule has 5 N–H and O–H groups in total. The lowest BCUT2D eigenvalue weighted by Gasteiger charge is -2.11. The van der Waals surface area contributed by atoms with E-state index in [9.17, 15) is 14.4 Å². The average Bonchev–Trinajstić information content (AvgIpc) is 2.52. The summed E-state index contributed by atoms with van der Waals surface area (Å²) < 4.78 is 0. The Morgan fingerprint density at radius 3 is 2.41 bits per heavy atom. The summed E-state index contributed by atoms with van der Waals surface area (Å²) in [5.74, 6) is -1.72. The van der Waals surface area contributed by atoms with Crippen molar-refractivity contribution in [3.05, 3.63) is 35.9 Å². The average molecular weight is 307 g/mol.